The number of rotatable bonds is 1. The van der Waals surface area contributed by atoms with E-state index in [1.54, 1.807) is 0 Å². The van der Waals surface area contributed by atoms with Gasteiger partial charge in [-0.3, -0.25) is 0 Å². The maximum absolute atomic E-state index is 10.7. The van der Waals surface area contributed by atoms with Gasteiger partial charge in [-0.2, -0.15) is 0 Å². The van der Waals surface area contributed by atoms with Crippen LogP contribution in [0, 0.1) is 0 Å². The predicted molar refractivity (Wildman–Crippen MR) is 57.7 cm³/mol. The molecule has 1 amide bonds. The molecule has 0 saturated carbocycles. The zero-order valence-corrected chi connectivity index (χ0v) is 8.98. The molecule has 1 N–H and O–H groups in total. The summed E-state index contributed by atoms with van der Waals surface area (Å²) in [6, 6.07) is 0. The zero-order valence-electron chi connectivity index (χ0n) is 8.98. The number of piperidine rings is 1. The lowest BCUT2D eigenvalue weighted by Gasteiger charge is -2.26. The summed E-state index contributed by atoms with van der Waals surface area (Å²) in [5.74, 6) is 0. The van der Waals surface area contributed by atoms with Crippen molar-refractivity contribution in [3.8, 4) is 0 Å². The van der Waals surface area contributed by atoms with Gasteiger partial charge in [0.15, 0.2) is 0 Å². The largest absolute Gasteiger partial charge is 0.465 e. The van der Waals surface area contributed by atoms with Crippen molar-refractivity contribution in [1.82, 2.24) is 9.80 Å². The van der Waals surface area contributed by atoms with Gasteiger partial charge in [-0.1, -0.05) is 5.57 Å². The molecule has 0 aromatic heterocycles. The Bertz CT molecular complexity index is 260. The number of likely N-dealkylation sites (tertiary alicyclic amines) is 2. The molecule has 0 atom stereocenters. The fourth-order valence-corrected chi connectivity index (χ4v) is 2.24. The SMILES string of the molecule is O=C(O)N1CCC(=CN2CCCC2)CC1. The summed E-state index contributed by atoms with van der Waals surface area (Å²) in [6.07, 6.45) is 5.88. The highest BCUT2D eigenvalue weighted by atomic mass is 16.4. The molecule has 0 aromatic carbocycles. The molecule has 0 unspecified atom stereocenters. The first-order valence-corrected chi connectivity index (χ1v) is 5.67. The van der Waals surface area contributed by atoms with Crippen molar-refractivity contribution >= 4 is 6.09 Å². The minimum absolute atomic E-state index is 0.662. The second kappa shape index (κ2) is 4.55. The third-order valence-corrected chi connectivity index (χ3v) is 3.18. The van der Waals surface area contributed by atoms with Crippen LogP contribution in [0.1, 0.15) is 25.7 Å². The number of hydrogen-bond donors (Lipinski definition) is 1. The molecule has 2 fully saturated rings. The summed E-state index contributed by atoms with van der Waals surface area (Å²) in [5, 5.41) is 8.80. The van der Waals surface area contributed by atoms with Gasteiger partial charge in [0.1, 0.15) is 0 Å². The highest BCUT2D eigenvalue weighted by Crippen LogP contribution is 2.18. The van der Waals surface area contributed by atoms with Crippen LogP contribution in [-0.2, 0) is 0 Å². The third-order valence-electron chi connectivity index (χ3n) is 3.18. The molecule has 2 saturated heterocycles. The normalized spacial score (nSPS) is 22.0. The molecule has 2 heterocycles. The van der Waals surface area contributed by atoms with Gasteiger partial charge in [0.2, 0.25) is 0 Å². The van der Waals surface area contributed by atoms with Crippen LogP contribution in [-0.4, -0.2) is 47.2 Å². The summed E-state index contributed by atoms with van der Waals surface area (Å²) in [4.78, 5) is 14.6. The van der Waals surface area contributed by atoms with E-state index in [4.69, 9.17) is 5.11 Å². The van der Waals surface area contributed by atoms with Gasteiger partial charge >= 0.3 is 6.09 Å². The molecule has 0 spiro atoms. The van der Waals surface area contributed by atoms with Crippen LogP contribution in [0.15, 0.2) is 11.8 Å². The van der Waals surface area contributed by atoms with E-state index in [0.717, 1.165) is 12.8 Å². The van der Waals surface area contributed by atoms with Crippen molar-refractivity contribution in [1.29, 1.82) is 0 Å². The van der Waals surface area contributed by atoms with Crippen molar-refractivity contribution in [2.45, 2.75) is 25.7 Å². The molecule has 2 rings (SSSR count). The van der Waals surface area contributed by atoms with Crippen molar-refractivity contribution in [3.63, 3.8) is 0 Å². The van der Waals surface area contributed by atoms with Crippen molar-refractivity contribution in [2.24, 2.45) is 0 Å². The topological polar surface area (TPSA) is 43.8 Å². The van der Waals surface area contributed by atoms with E-state index in [9.17, 15) is 4.79 Å². The van der Waals surface area contributed by atoms with E-state index in [1.807, 2.05) is 0 Å². The maximum Gasteiger partial charge on any atom is 0.407 e. The molecule has 84 valence electrons. The Labute approximate surface area is 90.2 Å². The molecular formula is C11H18N2O2. The van der Waals surface area contributed by atoms with Crippen molar-refractivity contribution in [2.75, 3.05) is 26.2 Å². The summed E-state index contributed by atoms with van der Waals surface area (Å²) in [6.45, 7) is 3.67. The fourth-order valence-electron chi connectivity index (χ4n) is 2.24. The van der Waals surface area contributed by atoms with Crippen LogP contribution >= 0.6 is 0 Å². The van der Waals surface area contributed by atoms with Gasteiger partial charge < -0.3 is 14.9 Å². The molecule has 2 aliphatic heterocycles. The first kappa shape index (κ1) is 10.3. The highest BCUT2D eigenvalue weighted by molar-refractivity contribution is 5.65. The standard InChI is InChI=1S/C11H18N2O2/c14-11(15)13-7-3-10(4-8-13)9-12-5-1-2-6-12/h9H,1-8H2,(H,14,15). The predicted octanol–water partition coefficient (Wildman–Crippen LogP) is 1.74. The van der Waals surface area contributed by atoms with Gasteiger partial charge in [-0.25, -0.2) is 4.79 Å². The van der Waals surface area contributed by atoms with Gasteiger partial charge in [-0.15, -0.1) is 0 Å². The average molecular weight is 210 g/mol. The van der Waals surface area contributed by atoms with Gasteiger partial charge in [0.25, 0.3) is 0 Å². The van der Waals surface area contributed by atoms with E-state index in [1.165, 1.54) is 36.4 Å². The summed E-state index contributed by atoms with van der Waals surface area (Å²) in [7, 11) is 0. The molecule has 4 heteroatoms. The van der Waals surface area contributed by atoms with Gasteiger partial charge in [0.05, 0.1) is 0 Å². The molecule has 0 bridgehead atoms. The second-order valence-electron chi connectivity index (χ2n) is 4.30. The van der Waals surface area contributed by atoms with Crippen LogP contribution in [0.25, 0.3) is 0 Å². The van der Waals surface area contributed by atoms with Crippen LogP contribution < -0.4 is 0 Å². The quantitative estimate of drug-likeness (QED) is 0.717. The Morgan fingerprint density at radius 3 is 2.27 bits per heavy atom. The van der Waals surface area contributed by atoms with Gasteiger partial charge in [-0.05, 0) is 31.9 Å². The summed E-state index contributed by atoms with van der Waals surface area (Å²) >= 11 is 0. The van der Waals surface area contributed by atoms with Gasteiger partial charge in [0, 0.05) is 26.2 Å². The minimum Gasteiger partial charge on any atom is -0.465 e. The maximum atomic E-state index is 10.7. The van der Waals surface area contributed by atoms with E-state index in [-0.39, 0.29) is 0 Å². The summed E-state index contributed by atoms with van der Waals surface area (Å²) < 4.78 is 0. The Balaban J connectivity index is 1.84. The number of nitrogens with zero attached hydrogens (tertiary/aromatic N) is 2. The van der Waals surface area contributed by atoms with Crippen LogP contribution in [0.4, 0.5) is 4.79 Å². The van der Waals surface area contributed by atoms with Crippen molar-refractivity contribution < 1.29 is 9.90 Å². The van der Waals surface area contributed by atoms with E-state index >= 15 is 0 Å². The van der Waals surface area contributed by atoms with Crippen LogP contribution in [0.3, 0.4) is 0 Å². The molecule has 4 nitrogen and oxygen atoms in total. The molecular weight excluding hydrogens is 192 g/mol. The Kier molecular flexibility index (Phi) is 3.14. The number of amides is 1. The fraction of sp³-hybridized carbons (Fsp3) is 0.727. The molecule has 2 aliphatic rings. The van der Waals surface area contributed by atoms with E-state index in [2.05, 4.69) is 11.1 Å². The third kappa shape index (κ3) is 2.64. The van der Waals surface area contributed by atoms with Crippen molar-refractivity contribution in [3.05, 3.63) is 11.8 Å². The van der Waals surface area contributed by atoms with E-state index < -0.39 is 6.09 Å². The number of carboxylic acid groups (broad SMARTS) is 1. The highest BCUT2D eigenvalue weighted by Gasteiger charge is 2.18. The molecule has 0 aliphatic carbocycles. The monoisotopic (exact) mass is 210 g/mol. The summed E-state index contributed by atoms with van der Waals surface area (Å²) in [5.41, 5.74) is 1.41. The molecule has 0 aromatic rings. The molecule has 15 heavy (non-hydrogen) atoms. The number of carbonyl (C=O) groups is 1. The smallest absolute Gasteiger partial charge is 0.407 e. The first-order chi connectivity index (χ1) is 7.25. The minimum atomic E-state index is -0.782. The first-order valence-electron chi connectivity index (χ1n) is 5.67. The average Bonchev–Trinajstić information content (AvgIpc) is 2.71. The Morgan fingerprint density at radius 1 is 1.13 bits per heavy atom. The second-order valence-corrected chi connectivity index (χ2v) is 4.30. The van der Waals surface area contributed by atoms with Crippen LogP contribution in [0.2, 0.25) is 0 Å². The lowest BCUT2D eigenvalue weighted by molar-refractivity contribution is 0.141. The number of hydrogen-bond acceptors (Lipinski definition) is 2. The van der Waals surface area contributed by atoms with E-state index in [0.29, 0.717) is 13.1 Å². The Hall–Kier alpha value is -1.19. The zero-order chi connectivity index (χ0) is 10.7. The molecule has 0 radical (unpaired) electrons. The van der Waals surface area contributed by atoms with Crippen LogP contribution in [0.5, 0.6) is 0 Å². The lowest BCUT2D eigenvalue weighted by atomic mass is 10.1. The lowest BCUT2D eigenvalue weighted by Crippen LogP contribution is -2.35. The Morgan fingerprint density at radius 2 is 1.73 bits per heavy atom.